The molecule has 0 aliphatic carbocycles. The number of carbonyl (C=O) groups is 1. The molecule has 25 heavy (non-hydrogen) atoms. The highest BCUT2D eigenvalue weighted by Gasteiger charge is 2.21. The summed E-state index contributed by atoms with van der Waals surface area (Å²) >= 11 is 0. The van der Waals surface area contributed by atoms with Gasteiger partial charge in [-0.25, -0.2) is 0 Å². The molecular weight excluding hydrogens is 314 g/mol. The Hall–Kier alpha value is -2.75. The molecule has 0 saturated carbocycles. The van der Waals surface area contributed by atoms with Crippen molar-refractivity contribution >= 4 is 16.7 Å². The van der Waals surface area contributed by atoms with Crippen molar-refractivity contribution in [3.05, 3.63) is 57.8 Å². The summed E-state index contributed by atoms with van der Waals surface area (Å²) in [6, 6.07) is 8.05. The molecule has 0 aliphatic rings. The van der Waals surface area contributed by atoms with Crippen LogP contribution in [0.1, 0.15) is 40.4 Å². The Kier molecular flexibility index (Phi) is 4.29. The van der Waals surface area contributed by atoms with Crippen LogP contribution < -0.4 is 0 Å². The van der Waals surface area contributed by atoms with Gasteiger partial charge in [0.25, 0.3) is 0 Å². The van der Waals surface area contributed by atoms with Crippen LogP contribution in [0.15, 0.2) is 24.3 Å². The van der Waals surface area contributed by atoms with Crippen LogP contribution in [0.2, 0.25) is 0 Å². The molecule has 0 atom stereocenters. The number of Topliss-reactive ketones (excluding diaryl/α,β-unsaturated/α-hetero) is 1. The van der Waals surface area contributed by atoms with Crippen LogP contribution in [-0.4, -0.2) is 21.0 Å². The lowest BCUT2D eigenvalue weighted by atomic mass is 9.89. The first-order chi connectivity index (χ1) is 11.8. The fourth-order valence-electron chi connectivity index (χ4n) is 3.55. The van der Waals surface area contributed by atoms with E-state index < -0.39 is 0 Å². The van der Waals surface area contributed by atoms with Crippen molar-refractivity contribution in [1.29, 1.82) is 0 Å². The number of fused-ring (bicyclic) bond motifs is 1. The van der Waals surface area contributed by atoms with Crippen LogP contribution in [0.25, 0.3) is 10.9 Å². The molecule has 0 amide bonds. The summed E-state index contributed by atoms with van der Waals surface area (Å²) in [5.41, 5.74) is 5.75. The van der Waals surface area contributed by atoms with E-state index in [0.717, 1.165) is 33.3 Å². The first-order valence-corrected chi connectivity index (χ1v) is 8.39. The number of phenolic OH excluding ortho intramolecular Hbond substituents is 2. The number of ketones is 1. The fraction of sp³-hybridized carbons (Fsp3) is 0.286. The number of carbonyl (C=O) groups excluding carboxylic acids is 1. The van der Waals surface area contributed by atoms with Crippen molar-refractivity contribution < 1.29 is 15.0 Å². The Bertz CT molecular complexity index is 983. The molecule has 3 rings (SSSR count). The maximum Gasteiger partial charge on any atom is 0.134 e. The number of rotatable bonds is 4. The third-order valence-electron chi connectivity index (χ3n) is 4.97. The van der Waals surface area contributed by atoms with Crippen LogP contribution in [-0.2, 0) is 17.6 Å². The Morgan fingerprint density at radius 1 is 0.960 bits per heavy atom. The van der Waals surface area contributed by atoms with Crippen LogP contribution in [0.4, 0.5) is 0 Å². The van der Waals surface area contributed by atoms with E-state index in [1.54, 1.807) is 13.8 Å². The topological polar surface area (TPSA) is 73.3 Å². The van der Waals surface area contributed by atoms with Crippen molar-refractivity contribution in [3.63, 3.8) is 0 Å². The maximum absolute atomic E-state index is 11.7. The first-order valence-electron chi connectivity index (χ1n) is 8.39. The number of aryl methyl sites for hydroxylation is 1. The minimum Gasteiger partial charge on any atom is -0.507 e. The highest BCUT2D eigenvalue weighted by molar-refractivity contribution is 5.85. The number of hydrogen-bond donors (Lipinski definition) is 3. The minimum atomic E-state index is 0.00246. The smallest absolute Gasteiger partial charge is 0.134 e. The molecule has 0 bridgehead atoms. The fourth-order valence-corrected chi connectivity index (χ4v) is 3.55. The van der Waals surface area contributed by atoms with Crippen molar-refractivity contribution in [2.75, 3.05) is 0 Å². The zero-order valence-electron chi connectivity index (χ0n) is 15.0. The second-order valence-electron chi connectivity index (χ2n) is 6.73. The van der Waals surface area contributed by atoms with Crippen molar-refractivity contribution in [2.45, 2.75) is 40.5 Å². The van der Waals surface area contributed by atoms with Crippen molar-refractivity contribution in [1.82, 2.24) is 4.98 Å². The lowest BCUT2D eigenvalue weighted by Gasteiger charge is -2.18. The van der Waals surface area contributed by atoms with Gasteiger partial charge >= 0.3 is 0 Å². The highest BCUT2D eigenvalue weighted by Crippen LogP contribution is 2.39. The van der Waals surface area contributed by atoms with Crippen LogP contribution in [0, 0.1) is 20.8 Å². The first kappa shape index (κ1) is 17.1. The standard InChI is InChI=1S/C21H23NO3/c1-11(23)9-16-12(2)20(24)13(3)21(25)18(16)10-17-14(4)22-19-8-6-5-7-15(17)19/h5-8,22,24-25H,9-10H2,1-4H3. The average molecular weight is 337 g/mol. The van der Waals surface area contributed by atoms with Crippen LogP contribution >= 0.6 is 0 Å². The van der Waals surface area contributed by atoms with E-state index in [0.29, 0.717) is 17.5 Å². The quantitative estimate of drug-likeness (QED) is 0.667. The third kappa shape index (κ3) is 2.88. The predicted molar refractivity (Wildman–Crippen MR) is 99.5 cm³/mol. The van der Waals surface area contributed by atoms with Crippen LogP contribution in [0.3, 0.4) is 0 Å². The summed E-state index contributed by atoms with van der Waals surface area (Å²) in [5, 5.41) is 22.1. The lowest BCUT2D eigenvalue weighted by Crippen LogP contribution is -2.07. The maximum atomic E-state index is 11.7. The zero-order chi connectivity index (χ0) is 18.3. The third-order valence-corrected chi connectivity index (χ3v) is 4.97. The zero-order valence-corrected chi connectivity index (χ0v) is 15.0. The summed E-state index contributed by atoms with van der Waals surface area (Å²) in [6.07, 6.45) is 0.705. The van der Waals surface area contributed by atoms with E-state index in [2.05, 4.69) is 11.1 Å². The second kappa shape index (κ2) is 6.28. The molecule has 1 heterocycles. The number of aromatic hydroxyl groups is 2. The van der Waals surface area contributed by atoms with Gasteiger partial charge in [-0.2, -0.15) is 0 Å². The number of hydrogen-bond acceptors (Lipinski definition) is 3. The van der Waals surface area contributed by atoms with Crippen molar-refractivity contribution in [2.24, 2.45) is 0 Å². The Morgan fingerprint density at radius 3 is 2.32 bits per heavy atom. The van der Waals surface area contributed by atoms with Gasteiger partial charge in [0.1, 0.15) is 17.3 Å². The molecular formula is C21H23NO3. The molecule has 3 aromatic rings. The predicted octanol–water partition coefficient (Wildman–Crippen LogP) is 4.23. The van der Waals surface area contributed by atoms with Gasteiger partial charge in [0.15, 0.2) is 0 Å². The summed E-state index contributed by atoms with van der Waals surface area (Å²) in [4.78, 5) is 15.1. The molecule has 0 spiro atoms. The van der Waals surface area contributed by atoms with Gasteiger partial charge < -0.3 is 15.2 Å². The summed E-state index contributed by atoms with van der Waals surface area (Å²) in [7, 11) is 0. The summed E-state index contributed by atoms with van der Waals surface area (Å²) < 4.78 is 0. The largest absolute Gasteiger partial charge is 0.507 e. The highest BCUT2D eigenvalue weighted by atomic mass is 16.3. The Morgan fingerprint density at radius 2 is 1.64 bits per heavy atom. The molecule has 130 valence electrons. The summed E-state index contributed by atoms with van der Waals surface area (Å²) in [5.74, 6) is 0.139. The Labute approximate surface area is 147 Å². The molecule has 3 N–H and O–H groups in total. The molecule has 0 unspecified atom stereocenters. The normalized spacial score (nSPS) is 11.2. The molecule has 4 nitrogen and oxygen atoms in total. The van der Waals surface area contributed by atoms with Crippen LogP contribution in [0.5, 0.6) is 11.5 Å². The molecule has 0 radical (unpaired) electrons. The molecule has 1 aromatic heterocycles. The molecule has 2 aromatic carbocycles. The SMILES string of the molecule is CC(=O)Cc1c(C)c(O)c(C)c(O)c1Cc1c(C)[nH]c2ccccc12. The molecule has 4 heteroatoms. The minimum absolute atomic E-state index is 0.00246. The number of H-pyrrole nitrogens is 1. The van der Waals surface area contributed by atoms with E-state index >= 15 is 0 Å². The summed E-state index contributed by atoms with van der Waals surface area (Å²) in [6.45, 7) is 7.03. The van der Waals surface area contributed by atoms with Gasteiger partial charge in [0.2, 0.25) is 0 Å². The van der Waals surface area contributed by atoms with Gasteiger partial charge in [-0.1, -0.05) is 18.2 Å². The van der Waals surface area contributed by atoms with Gasteiger partial charge in [-0.15, -0.1) is 0 Å². The molecule has 0 aliphatic heterocycles. The lowest BCUT2D eigenvalue weighted by molar-refractivity contribution is -0.116. The van der Waals surface area contributed by atoms with Gasteiger partial charge in [0, 0.05) is 40.6 Å². The number of para-hydroxylation sites is 1. The van der Waals surface area contributed by atoms with Gasteiger partial charge in [-0.3, -0.25) is 4.79 Å². The average Bonchev–Trinajstić information content (AvgIpc) is 2.89. The van der Waals surface area contributed by atoms with E-state index in [-0.39, 0.29) is 23.7 Å². The van der Waals surface area contributed by atoms with E-state index in [1.807, 2.05) is 25.1 Å². The van der Waals surface area contributed by atoms with E-state index in [1.165, 1.54) is 6.92 Å². The number of aromatic amines is 1. The van der Waals surface area contributed by atoms with E-state index in [4.69, 9.17) is 0 Å². The van der Waals surface area contributed by atoms with Crippen molar-refractivity contribution in [3.8, 4) is 11.5 Å². The Balaban J connectivity index is 2.22. The number of aromatic nitrogens is 1. The number of benzene rings is 2. The molecule has 0 saturated heterocycles. The monoisotopic (exact) mass is 337 g/mol. The van der Waals surface area contributed by atoms with Gasteiger partial charge in [0.05, 0.1) is 0 Å². The molecule has 0 fully saturated rings. The number of phenols is 2. The van der Waals surface area contributed by atoms with E-state index in [9.17, 15) is 15.0 Å². The van der Waals surface area contributed by atoms with Gasteiger partial charge in [-0.05, 0) is 50.5 Å². The second-order valence-corrected chi connectivity index (χ2v) is 6.73. The number of nitrogens with one attached hydrogen (secondary N) is 1.